The van der Waals surface area contributed by atoms with Gasteiger partial charge in [-0.25, -0.2) is 4.99 Å². The first-order chi connectivity index (χ1) is 19.2. The van der Waals surface area contributed by atoms with Gasteiger partial charge < -0.3 is 14.6 Å². The fourth-order valence-electron chi connectivity index (χ4n) is 3.48. The number of nitro groups is 2. The number of aliphatic imine (C=N–C) groups is 1. The van der Waals surface area contributed by atoms with Gasteiger partial charge in [-0.2, -0.15) is 9.78 Å². The Hall–Kier alpha value is -5.34. The van der Waals surface area contributed by atoms with Gasteiger partial charge in [0.1, 0.15) is 33.1 Å². The van der Waals surface area contributed by atoms with E-state index in [1.54, 1.807) is 36.4 Å². The molecule has 0 bridgehead atoms. The molecule has 14 nitrogen and oxygen atoms in total. The molecule has 0 amide bonds. The number of benzene rings is 2. The van der Waals surface area contributed by atoms with E-state index in [1.165, 1.54) is 36.7 Å². The Morgan fingerprint density at radius 3 is 1.85 bits per heavy atom. The summed E-state index contributed by atoms with van der Waals surface area (Å²) in [5.41, 5.74) is 6.29. The van der Waals surface area contributed by atoms with Crippen LogP contribution in [0.4, 0.5) is 23.3 Å². The Kier molecular flexibility index (Phi) is 7.09. The molecular weight excluding hydrogens is 567 g/mol. The lowest BCUT2D eigenvalue weighted by Gasteiger charge is -1.99. The van der Waals surface area contributed by atoms with Gasteiger partial charge in [0.15, 0.2) is 0 Å². The number of hydrogen-bond donors (Lipinski definition) is 1. The first-order valence-electron chi connectivity index (χ1n) is 11.1. The van der Waals surface area contributed by atoms with Gasteiger partial charge in [-0.05, 0) is 48.5 Å². The molecule has 3 heterocycles. The number of halogens is 2. The fraction of sp³-hybridized carbons (Fsp3) is 0. The van der Waals surface area contributed by atoms with Crippen LogP contribution in [0, 0.1) is 20.2 Å². The second-order valence-corrected chi connectivity index (χ2v) is 8.74. The van der Waals surface area contributed by atoms with Crippen LogP contribution in [-0.2, 0) is 0 Å². The average Bonchev–Trinajstić information content (AvgIpc) is 3.67. The summed E-state index contributed by atoms with van der Waals surface area (Å²) in [5.74, 6) is 1.31. The Morgan fingerprint density at radius 1 is 0.800 bits per heavy atom. The zero-order chi connectivity index (χ0) is 28.4. The monoisotopic (exact) mass is 580 g/mol. The number of nitrogens with two attached hydrogens (primary N) is 1. The molecule has 40 heavy (non-hydrogen) atoms. The lowest BCUT2D eigenvalue weighted by atomic mass is 10.1. The van der Waals surface area contributed by atoms with Crippen molar-refractivity contribution in [3.05, 3.63) is 102 Å². The number of rotatable bonds is 8. The highest BCUT2D eigenvalue weighted by Crippen LogP contribution is 2.32. The van der Waals surface area contributed by atoms with Crippen LogP contribution in [-0.4, -0.2) is 37.1 Å². The summed E-state index contributed by atoms with van der Waals surface area (Å²) in [6.07, 6.45) is 2.69. The van der Waals surface area contributed by atoms with E-state index in [9.17, 15) is 20.2 Å². The summed E-state index contributed by atoms with van der Waals surface area (Å²) in [5, 5.41) is 34.2. The van der Waals surface area contributed by atoms with Crippen LogP contribution >= 0.6 is 23.2 Å². The summed E-state index contributed by atoms with van der Waals surface area (Å²) in [6.45, 7) is 0. The minimum atomic E-state index is -0.582. The molecule has 0 atom stereocenters. The van der Waals surface area contributed by atoms with Crippen LogP contribution in [0.1, 0.15) is 11.5 Å². The van der Waals surface area contributed by atoms with E-state index in [0.717, 1.165) is 4.68 Å². The number of hydrogen-bond acceptors (Lipinski definition) is 11. The average molecular weight is 581 g/mol. The Morgan fingerprint density at radius 2 is 1.32 bits per heavy atom. The number of nitrogen functional groups attached to an aromatic ring is 1. The van der Waals surface area contributed by atoms with E-state index in [-0.39, 0.29) is 33.3 Å². The Labute approximate surface area is 233 Å². The maximum Gasteiger partial charge on any atom is 0.288 e. The topological polar surface area (TPSA) is 194 Å². The quantitative estimate of drug-likeness (QED) is 0.127. The van der Waals surface area contributed by atoms with Crippen LogP contribution in [0.2, 0.25) is 10.0 Å². The summed E-state index contributed by atoms with van der Waals surface area (Å²) in [7, 11) is 0. The SMILES string of the molecule is Nc1nnc(/N=C/c2ccc(-c3ccc(Cl)c([N+](=O)[O-])c3)o2)n1/N=C/c1ccc(-c2ccc(Cl)c([N+](=O)[O-])c2)o1. The second-order valence-electron chi connectivity index (χ2n) is 7.92. The van der Waals surface area contributed by atoms with Crippen molar-refractivity contribution in [1.29, 1.82) is 0 Å². The maximum absolute atomic E-state index is 11.2. The molecule has 5 aromatic rings. The van der Waals surface area contributed by atoms with Gasteiger partial charge in [-0.15, -0.1) is 10.2 Å². The van der Waals surface area contributed by atoms with Crippen LogP contribution in [0.15, 0.2) is 79.6 Å². The normalized spacial score (nSPS) is 11.6. The fourth-order valence-corrected chi connectivity index (χ4v) is 3.85. The highest BCUT2D eigenvalue weighted by atomic mass is 35.5. The standard InChI is InChI=1S/C24H14Cl2N8O6/c25-17-5-1-13(9-19(17)33(35)36)21-7-3-15(39-21)11-28-24-31-30-23(27)32(24)29-12-16-4-8-22(40-16)14-2-6-18(26)20(10-14)34(37)38/h1-12H,(H2,27,30)/b28-11+,29-12+. The molecule has 5 rings (SSSR count). The van der Waals surface area contributed by atoms with E-state index in [2.05, 4.69) is 20.3 Å². The number of aromatic nitrogens is 3. The molecule has 0 aliphatic carbocycles. The molecule has 16 heteroatoms. The highest BCUT2D eigenvalue weighted by molar-refractivity contribution is 6.33. The van der Waals surface area contributed by atoms with Gasteiger partial charge in [0, 0.05) is 23.3 Å². The maximum atomic E-state index is 11.2. The molecule has 0 radical (unpaired) electrons. The molecule has 0 spiro atoms. The highest BCUT2D eigenvalue weighted by Gasteiger charge is 2.17. The first-order valence-corrected chi connectivity index (χ1v) is 11.8. The number of nitro benzene ring substituents is 2. The molecule has 0 aliphatic heterocycles. The third-order valence-electron chi connectivity index (χ3n) is 5.36. The van der Waals surface area contributed by atoms with E-state index in [4.69, 9.17) is 37.8 Å². The largest absolute Gasteiger partial charge is 0.455 e. The predicted molar refractivity (Wildman–Crippen MR) is 146 cm³/mol. The molecule has 2 aromatic carbocycles. The van der Waals surface area contributed by atoms with E-state index in [0.29, 0.717) is 34.2 Å². The molecule has 2 N–H and O–H groups in total. The van der Waals surface area contributed by atoms with Crippen molar-refractivity contribution in [3.8, 4) is 22.6 Å². The first kappa shape index (κ1) is 26.3. The number of nitrogens with zero attached hydrogens (tertiary/aromatic N) is 7. The summed E-state index contributed by atoms with van der Waals surface area (Å²) in [6, 6.07) is 15.1. The van der Waals surface area contributed by atoms with Crippen molar-refractivity contribution in [3.63, 3.8) is 0 Å². The summed E-state index contributed by atoms with van der Waals surface area (Å²) >= 11 is 11.7. The molecule has 0 saturated heterocycles. The molecular formula is C24H14Cl2N8O6. The van der Waals surface area contributed by atoms with Gasteiger partial charge in [-0.1, -0.05) is 23.2 Å². The van der Waals surface area contributed by atoms with Crippen LogP contribution < -0.4 is 5.73 Å². The van der Waals surface area contributed by atoms with Gasteiger partial charge >= 0.3 is 0 Å². The minimum absolute atomic E-state index is 0.0120. The lowest BCUT2D eigenvalue weighted by molar-refractivity contribution is -0.384. The van der Waals surface area contributed by atoms with Gasteiger partial charge in [-0.3, -0.25) is 20.2 Å². The zero-order valence-electron chi connectivity index (χ0n) is 19.8. The molecule has 0 aliphatic rings. The molecule has 0 saturated carbocycles. The predicted octanol–water partition coefficient (Wildman–Crippen LogP) is 6.14. The smallest absolute Gasteiger partial charge is 0.288 e. The Balaban J connectivity index is 1.34. The van der Waals surface area contributed by atoms with Crippen molar-refractivity contribution in [2.75, 3.05) is 5.73 Å². The third kappa shape index (κ3) is 5.43. The zero-order valence-corrected chi connectivity index (χ0v) is 21.4. The van der Waals surface area contributed by atoms with Gasteiger partial charge in [0.25, 0.3) is 17.3 Å². The third-order valence-corrected chi connectivity index (χ3v) is 6.00. The number of anilines is 1. The van der Waals surface area contributed by atoms with Crippen LogP contribution in [0.25, 0.3) is 22.6 Å². The van der Waals surface area contributed by atoms with Crippen molar-refractivity contribution < 1.29 is 18.7 Å². The minimum Gasteiger partial charge on any atom is -0.455 e. The molecule has 0 fully saturated rings. The van der Waals surface area contributed by atoms with Crippen LogP contribution in [0.3, 0.4) is 0 Å². The Bertz CT molecular complexity index is 1820. The van der Waals surface area contributed by atoms with Crippen molar-refractivity contribution >= 4 is 58.9 Å². The van der Waals surface area contributed by atoms with E-state index in [1.807, 2.05) is 0 Å². The van der Waals surface area contributed by atoms with Gasteiger partial charge in [0.05, 0.1) is 22.3 Å². The van der Waals surface area contributed by atoms with E-state index >= 15 is 0 Å². The van der Waals surface area contributed by atoms with Crippen molar-refractivity contribution in [1.82, 2.24) is 14.9 Å². The summed E-state index contributed by atoms with van der Waals surface area (Å²) in [4.78, 5) is 25.4. The van der Waals surface area contributed by atoms with Crippen LogP contribution in [0.5, 0.6) is 0 Å². The van der Waals surface area contributed by atoms with Crippen molar-refractivity contribution in [2.24, 2.45) is 10.1 Å². The number of furan rings is 2. The van der Waals surface area contributed by atoms with Gasteiger partial charge in [0.2, 0.25) is 5.95 Å². The second kappa shape index (κ2) is 10.8. The van der Waals surface area contributed by atoms with Crippen molar-refractivity contribution in [2.45, 2.75) is 0 Å². The lowest BCUT2D eigenvalue weighted by Crippen LogP contribution is -1.97. The molecule has 3 aromatic heterocycles. The molecule has 200 valence electrons. The van der Waals surface area contributed by atoms with E-state index < -0.39 is 9.85 Å². The summed E-state index contributed by atoms with van der Waals surface area (Å²) < 4.78 is 12.6. The molecule has 0 unspecified atom stereocenters.